The Morgan fingerprint density at radius 1 is 1.53 bits per heavy atom. The van der Waals surface area contributed by atoms with Gasteiger partial charge in [-0.05, 0) is 56.6 Å². The third-order valence-corrected chi connectivity index (χ3v) is 3.58. The average molecular weight is 234 g/mol. The first-order chi connectivity index (χ1) is 8.33. The van der Waals surface area contributed by atoms with Crippen LogP contribution in [0.15, 0.2) is 24.3 Å². The van der Waals surface area contributed by atoms with Crippen molar-refractivity contribution in [3.8, 4) is 5.75 Å². The standard InChI is InChI=1S/C14H22N2O/c1-15-14(8-11-6-7-16-10-11)12-4-3-5-13(9-12)17-2/h3-5,9,11,14-16H,6-8,10H2,1-2H3. The summed E-state index contributed by atoms with van der Waals surface area (Å²) < 4.78 is 5.28. The fraction of sp³-hybridized carbons (Fsp3) is 0.571. The number of methoxy groups -OCH3 is 1. The molecule has 2 rings (SSSR count). The van der Waals surface area contributed by atoms with Crippen LogP contribution in [0.2, 0.25) is 0 Å². The summed E-state index contributed by atoms with van der Waals surface area (Å²) in [5.41, 5.74) is 1.32. The van der Waals surface area contributed by atoms with Crippen LogP contribution in [0.25, 0.3) is 0 Å². The van der Waals surface area contributed by atoms with E-state index in [2.05, 4.69) is 28.8 Å². The highest BCUT2D eigenvalue weighted by molar-refractivity contribution is 5.30. The topological polar surface area (TPSA) is 33.3 Å². The largest absolute Gasteiger partial charge is 0.497 e. The van der Waals surface area contributed by atoms with E-state index in [0.717, 1.165) is 18.2 Å². The minimum absolute atomic E-state index is 0.426. The summed E-state index contributed by atoms with van der Waals surface area (Å²) in [6.45, 7) is 2.32. The zero-order valence-electron chi connectivity index (χ0n) is 10.7. The highest BCUT2D eigenvalue weighted by Crippen LogP contribution is 2.26. The molecule has 0 aromatic heterocycles. The molecule has 17 heavy (non-hydrogen) atoms. The molecule has 0 spiro atoms. The van der Waals surface area contributed by atoms with Crippen molar-refractivity contribution in [3.05, 3.63) is 29.8 Å². The van der Waals surface area contributed by atoms with Gasteiger partial charge in [0.15, 0.2) is 0 Å². The predicted molar refractivity (Wildman–Crippen MR) is 70.4 cm³/mol. The Kier molecular flexibility index (Phi) is 4.40. The SMILES string of the molecule is CNC(CC1CCNC1)c1cccc(OC)c1. The molecule has 2 atom stereocenters. The van der Waals surface area contributed by atoms with Crippen LogP contribution in [0, 0.1) is 5.92 Å². The highest BCUT2D eigenvalue weighted by Gasteiger charge is 2.20. The van der Waals surface area contributed by atoms with Gasteiger partial charge in [-0.3, -0.25) is 0 Å². The summed E-state index contributed by atoms with van der Waals surface area (Å²) in [5.74, 6) is 1.73. The van der Waals surface area contributed by atoms with Crippen LogP contribution in [0.4, 0.5) is 0 Å². The van der Waals surface area contributed by atoms with E-state index in [9.17, 15) is 0 Å². The van der Waals surface area contributed by atoms with Crippen LogP contribution < -0.4 is 15.4 Å². The Labute approximate surface area is 104 Å². The molecule has 2 unspecified atom stereocenters. The van der Waals surface area contributed by atoms with Gasteiger partial charge in [-0.2, -0.15) is 0 Å². The van der Waals surface area contributed by atoms with Gasteiger partial charge in [0.2, 0.25) is 0 Å². The van der Waals surface area contributed by atoms with E-state index < -0.39 is 0 Å². The van der Waals surface area contributed by atoms with E-state index in [1.54, 1.807) is 7.11 Å². The minimum atomic E-state index is 0.426. The molecule has 1 heterocycles. The first-order valence-electron chi connectivity index (χ1n) is 6.35. The summed E-state index contributed by atoms with van der Waals surface area (Å²) in [5, 5.41) is 6.84. The van der Waals surface area contributed by atoms with Crippen LogP contribution in [-0.2, 0) is 0 Å². The number of benzene rings is 1. The summed E-state index contributed by atoms with van der Waals surface area (Å²) in [7, 11) is 3.75. The van der Waals surface area contributed by atoms with Gasteiger partial charge < -0.3 is 15.4 Å². The average Bonchev–Trinajstić information content (AvgIpc) is 2.89. The van der Waals surface area contributed by atoms with Gasteiger partial charge in [0, 0.05) is 6.04 Å². The maximum atomic E-state index is 5.28. The van der Waals surface area contributed by atoms with Crippen molar-refractivity contribution in [2.75, 3.05) is 27.2 Å². The second-order valence-corrected chi connectivity index (χ2v) is 4.71. The maximum Gasteiger partial charge on any atom is 0.119 e. The summed E-state index contributed by atoms with van der Waals surface area (Å²) >= 11 is 0. The van der Waals surface area contributed by atoms with Gasteiger partial charge in [0.05, 0.1) is 7.11 Å². The van der Waals surface area contributed by atoms with Gasteiger partial charge in [-0.25, -0.2) is 0 Å². The molecule has 0 radical (unpaired) electrons. The number of nitrogens with one attached hydrogen (secondary N) is 2. The fourth-order valence-electron chi connectivity index (χ4n) is 2.53. The van der Waals surface area contributed by atoms with Gasteiger partial charge >= 0.3 is 0 Å². The normalized spacial score (nSPS) is 21.4. The van der Waals surface area contributed by atoms with Crippen LogP contribution in [0.5, 0.6) is 5.75 Å². The van der Waals surface area contributed by atoms with Crippen molar-refractivity contribution < 1.29 is 4.74 Å². The van der Waals surface area contributed by atoms with E-state index in [4.69, 9.17) is 4.74 Å². The second-order valence-electron chi connectivity index (χ2n) is 4.71. The molecule has 1 fully saturated rings. The number of hydrogen-bond donors (Lipinski definition) is 2. The molecular weight excluding hydrogens is 212 g/mol. The number of hydrogen-bond acceptors (Lipinski definition) is 3. The Bertz CT molecular complexity index is 348. The fourth-order valence-corrected chi connectivity index (χ4v) is 2.53. The molecule has 3 nitrogen and oxygen atoms in total. The Balaban J connectivity index is 2.04. The third kappa shape index (κ3) is 3.20. The Hall–Kier alpha value is -1.06. The molecule has 1 aromatic rings. The molecule has 0 amide bonds. The zero-order chi connectivity index (χ0) is 12.1. The number of rotatable bonds is 5. The van der Waals surface area contributed by atoms with E-state index in [1.165, 1.54) is 24.9 Å². The molecule has 0 bridgehead atoms. The lowest BCUT2D eigenvalue weighted by atomic mass is 9.94. The zero-order valence-corrected chi connectivity index (χ0v) is 10.7. The van der Waals surface area contributed by atoms with Gasteiger partial charge in [-0.15, -0.1) is 0 Å². The maximum absolute atomic E-state index is 5.28. The van der Waals surface area contributed by atoms with Gasteiger partial charge in [0.1, 0.15) is 5.75 Å². The van der Waals surface area contributed by atoms with Crippen molar-refractivity contribution >= 4 is 0 Å². The van der Waals surface area contributed by atoms with Crippen LogP contribution in [0.1, 0.15) is 24.4 Å². The van der Waals surface area contributed by atoms with Crippen LogP contribution >= 0.6 is 0 Å². The first kappa shape index (κ1) is 12.4. The Morgan fingerprint density at radius 2 is 2.41 bits per heavy atom. The lowest BCUT2D eigenvalue weighted by Crippen LogP contribution is -2.21. The quantitative estimate of drug-likeness (QED) is 0.817. The summed E-state index contributed by atoms with van der Waals surface area (Å²) in [6, 6.07) is 8.78. The van der Waals surface area contributed by atoms with Crippen LogP contribution in [-0.4, -0.2) is 27.2 Å². The van der Waals surface area contributed by atoms with Crippen molar-refractivity contribution in [1.29, 1.82) is 0 Å². The highest BCUT2D eigenvalue weighted by atomic mass is 16.5. The smallest absolute Gasteiger partial charge is 0.119 e. The molecule has 1 aliphatic rings. The van der Waals surface area contributed by atoms with Crippen molar-refractivity contribution in [2.45, 2.75) is 18.9 Å². The van der Waals surface area contributed by atoms with Crippen LogP contribution in [0.3, 0.4) is 0 Å². The van der Waals surface area contributed by atoms with Crippen molar-refractivity contribution in [3.63, 3.8) is 0 Å². The molecule has 0 saturated carbocycles. The second kappa shape index (κ2) is 6.03. The molecule has 1 aliphatic heterocycles. The Morgan fingerprint density at radius 3 is 3.06 bits per heavy atom. The van der Waals surface area contributed by atoms with E-state index >= 15 is 0 Å². The summed E-state index contributed by atoms with van der Waals surface area (Å²) in [6.07, 6.45) is 2.48. The monoisotopic (exact) mass is 234 g/mol. The minimum Gasteiger partial charge on any atom is -0.497 e. The molecule has 94 valence electrons. The molecular formula is C14H22N2O. The number of ether oxygens (including phenoxy) is 1. The van der Waals surface area contributed by atoms with E-state index in [0.29, 0.717) is 6.04 Å². The molecule has 2 N–H and O–H groups in total. The van der Waals surface area contributed by atoms with E-state index in [-0.39, 0.29) is 0 Å². The van der Waals surface area contributed by atoms with E-state index in [1.807, 2.05) is 13.1 Å². The molecule has 1 aromatic carbocycles. The lowest BCUT2D eigenvalue weighted by molar-refractivity contribution is 0.407. The molecule has 0 aliphatic carbocycles. The van der Waals surface area contributed by atoms with Gasteiger partial charge in [-0.1, -0.05) is 12.1 Å². The molecule has 3 heteroatoms. The molecule has 1 saturated heterocycles. The third-order valence-electron chi connectivity index (χ3n) is 3.58. The predicted octanol–water partition coefficient (Wildman–Crippen LogP) is 1.96. The lowest BCUT2D eigenvalue weighted by Gasteiger charge is -2.20. The first-order valence-corrected chi connectivity index (χ1v) is 6.35. The van der Waals surface area contributed by atoms with Gasteiger partial charge in [0.25, 0.3) is 0 Å². The summed E-state index contributed by atoms with van der Waals surface area (Å²) in [4.78, 5) is 0. The van der Waals surface area contributed by atoms with Crippen molar-refractivity contribution in [1.82, 2.24) is 10.6 Å². The van der Waals surface area contributed by atoms with Crippen molar-refractivity contribution in [2.24, 2.45) is 5.92 Å².